The zero-order valence-corrected chi connectivity index (χ0v) is 15.4. The summed E-state index contributed by atoms with van der Waals surface area (Å²) >= 11 is 0. The molecule has 2 N–H and O–H groups in total. The summed E-state index contributed by atoms with van der Waals surface area (Å²) in [5.74, 6) is -0.439. The van der Waals surface area contributed by atoms with Crippen LogP contribution < -0.4 is 10.9 Å². The van der Waals surface area contributed by atoms with Crippen LogP contribution in [0.15, 0.2) is 40.0 Å². The predicted octanol–water partition coefficient (Wildman–Crippen LogP) is 1.11. The second-order valence-corrected chi connectivity index (χ2v) is 6.17. The van der Waals surface area contributed by atoms with Crippen LogP contribution in [0.25, 0.3) is 10.9 Å². The van der Waals surface area contributed by atoms with Crippen molar-refractivity contribution in [1.29, 1.82) is 0 Å². The molecule has 11 nitrogen and oxygen atoms in total. The van der Waals surface area contributed by atoms with Crippen LogP contribution in [0.3, 0.4) is 0 Å². The topological polar surface area (TPSA) is 160 Å². The molecule has 148 valence electrons. The van der Waals surface area contributed by atoms with Crippen molar-refractivity contribution < 1.29 is 9.72 Å². The van der Waals surface area contributed by atoms with E-state index >= 15 is 0 Å². The number of fused-ring (bicyclic) bond motifs is 1. The van der Waals surface area contributed by atoms with Gasteiger partial charge in [0.1, 0.15) is 11.6 Å². The summed E-state index contributed by atoms with van der Waals surface area (Å²) in [5, 5.41) is 23.1. The van der Waals surface area contributed by atoms with E-state index in [9.17, 15) is 24.6 Å². The first-order valence-electron chi connectivity index (χ1n) is 8.60. The van der Waals surface area contributed by atoms with Crippen molar-refractivity contribution in [1.82, 2.24) is 20.5 Å². The van der Waals surface area contributed by atoms with Crippen molar-refractivity contribution in [3.05, 3.63) is 61.0 Å². The van der Waals surface area contributed by atoms with E-state index in [1.54, 1.807) is 26.0 Å². The molecule has 0 saturated heterocycles. The van der Waals surface area contributed by atoms with Crippen molar-refractivity contribution in [2.45, 2.75) is 38.8 Å². The van der Waals surface area contributed by atoms with Crippen LogP contribution in [0.2, 0.25) is 0 Å². The highest BCUT2D eigenvalue weighted by atomic mass is 16.6. The Bertz CT molecular complexity index is 970. The zero-order chi connectivity index (χ0) is 20.7. The number of carbonyl (C=O) groups is 1. The van der Waals surface area contributed by atoms with Gasteiger partial charge in [-0.15, -0.1) is 0 Å². The van der Waals surface area contributed by atoms with E-state index in [-0.39, 0.29) is 24.9 Å². The Morgan fingerprint density at radius 2 is 2.25 bits per heavy atom. The maximum Gasteiger partial charge on any atom is 0.290 e. The van der Waals surface area contributed by atoms with Gasteiger partial charge < -0.3 is 5.32 Å². The average Bonchev–Trinajstić information content (AvgIpc) is 2.67. The highest BCUT2D eigenvalue weighted by Gasteiger charge is 2.21. The second kappa shape index (κ2) is 9.44. The van der Waals surface area contributed by atoms with Gasteiger partial charge in [-0.1, -0.05) is 12.1 Å². The molecule has 0 bridgehead atoms. The molecule has 0 saturated carbocycles. The number of nitroso groups, excluding NO2 is 1. The minimum Gasteiger partial charge on any atom is -0.353 e. The molecule has 0 aliphatic rings. The Kier molecular flexibility index (Phi) is 7.02. The Labute approximate surface area is 159 Å². The van der Waals surface area contributed by atoms with Gasteiger partial charge >= 0.3 is 0 Å². The van der Waals surface area contributed by atoms with Gasteiger partial charge in [0.05, 0.1) is 12.1 Å². The number of H-pyrrole nitrogens is 1. The van der Waals surface area contributed by atoms with Crippen molar-refractivity contribution in [3.8, 4) is 0 Å². The SMILES string of the molecule is CCC(C(C)=CC(CNC(=O)Cc1n[nH]c(=O)c2ncccc12)N=O)[N+](=O)[O-]. The van der Waals surface area contributed by atoms with Gasteiger partial charge in [0.2, 0.25) is 11.9 Å². The molecule has 2 rings (SSSR count). The van der Waals surface area contributed by atoms with Crippen LogP contribution in [0, 0.1) is 15.0 Å². The molecule has 2 aromatic heterocycles. The molecule has 0 spiro atoms. The lowest BCUT2D eigenvalue weighted by Gasteiger charge is -2.11. The van der Waals surface area contributed by atoms with Crippen LogP contribution in [-0.4, -0.2) is 44.6 Å². The number of aromatic amines is 1. The first-order chi connectivity index (χ1) is 13.4. The largest absolute Gasteiger partial charge is 0.353 e. The number of aromatic nitrogens is 3. The van der Waals surface area contributed by atoms with E-state index < -0.39 is 28.5 Å². The van der Waals surface area contributed by atoms with Gasteiger partial charge in [0.25, 0.3) is 5.56 Å². The van der Waals surface area contributed by atoms with E-state index in [0.29, 0.717) is 16.7 Å². The fraction of sp³-hybridized carbons (Fsp3) is 0.412. The van der Waals surface area contributed by atoms with Gasteiger partial charge in [0.15, 0.2) is 0 Å². The standard InChI is InChI=1S/C17H20N6O5/c1-3-14(23(27)28)10(2)7-11(22-26)9-19-15(24)8-13-12-5-4-6-18-16(12)17(25)21-20-13/h4-7,11,14H,3,8-9H2,1-2H3,(H,19,24)(H,21,25). The van der Waals surface area contributed by atoms with Gasteiger partial charge in [-0.25, -0.2) is 5.10 Å². The van der Waals surface area contributed by atoms with Crippen molar-refractivity contribution in [2.24, 2.45) is 5.18 Å². The Balaban J connectivity index is 2.05. The number of hydrogen-bond acceptors (Lipinski definition) is 8. The molecule has 1 amide bonds. The molecule has 28 heavy (non-hydrogen) atoms. The third kappa shape index (κ3) is 5.02. The molecule has 2 atom stereocenters. The number of carbonyl (C=O) groups excluding carboxylic acids is 1. The number of nitrogens with one attached hydrogen (secondary N) is 2. The minimum absolute atomic E-state index is 0.104. The summed E-state index contributed by atoms with van der Waals surface area (Å²) in [6.45, 7) is 3.12. The van der Waals surface area contributed by atoms with Crippen molar-refractivity contribution >= 4 is 16.8 Å². The molecular formula is C17H20N6O5. The smallest absolute Gasteiger partial charge is 0.290 e. The maximum absolute atomic E-state index is 12.2. The lowest BCUT2D eigenvalue weighted by atomic mass is 10.0. The zero-order valence-electron chi connectivity index (χ0n) is 15.4. The normalized spacial score (nSPS) is 13.7. The first kappa shape index (κ1) is 20.8. The lowest BCUT2D eigenvalue weighted by molar-refractivity contribution is -0.512. The summed E-state index contributed by atoms with van der Waals surface area (Å²) in [6, 6.07) is 1.44. The van der Waals surface area contributed by atoms with Gasteiger partial charge in [-0.05, 0) is 30.7 Å². The molecule has 2 aromatic rings. The number of rotatable bonds is 9. The second-order valence-electron chi connectivity index (χ2n) is 6.17. The highest BCUT2D eigenvalue weighted by Crippen LogP contribution is 2.12. The number of amides is 1. The van der Waals surface area contributed by atoms with E-state index in [1.807, 2.05) is 0 Å². The lowest BCUT2D eigenvalue weighted by Crippen LogP contribution is -2.32. The number of nitrogens with zero attached hydrogens (tertiary/aromatic N) is 4. The molecule has 0 radical (unpaired) electrons. The van der Waals surface area contributed by atoms with E-state index in [2.05, 4.69) is 25.7 Å². The van der Waals surface area contributed by atoms with Crippen LogP contribution in [0.1, 0.15) is 26.0 Å². The van der Waals surface area contributed by atoms with E-state index in [4.69, 9.17) is 0 Å². The third-order valence-electron chi connectivity index (χ3n) is 4.22. The highest BCUT2D eigenvalue weighted by molar-refractivity contribution is 5.86. The fourth-order valence-corrected chi connectivity index (χ4v) is 2.80. The number of nitro groups is 1. The monoisotopic (exact) mass is 388 g/mol. The molecule has 0 aromatic carbocycles. The molecule has 2 heterocycles. The molecule has 0 aliphatic carbocycles. The summed E-state index contributed by atoms with van der Waals surface area (Å²) in [4.78, 5) is 49.5. The van der Waals surface area contributed by atoms with Gasteiger partial charge in [0, 0.05) is 29.5 Å². The number of pyridine rings is 1. The first-order valence-corrected chi connectivity index (χ1v) is 8.60. The quantitative estimate of drug-likeness (QED) is 0.281. The average molecular weight is 388 g/mol. The van der Waals surface area contributed by atoms with Gasteiger partial charge in [-0.2, -0.15) is 10.0 Å². The Morgan fingerprint density at radius 3 is 2.89 bits per heavy atom. The van der Waals surface area contributed by atoms with Crippen molar-refractivity contribution in [2.75, 3.05) is 6.54 Å². The molecular weight excluding hydrogens is 368 g/mol. The van der Waals surface area contributed by atoms with Crippen LogP contribution in [0.5, 0.6) is 0 Å². The molecule has 0 fully saturated rings. The molecule has 2 unspecified atom stereocenters. The summed E-state index contributed by atoms with van der Waals surface area (Å²) in [7, 11) is 0. The fourth-order valence-electron chi connectivity index (χ4n) is 2.80. The van der Waals surface area contributed by atoms with Crippen LogP contribution in [-0.2, 0) is 11.2 Å². The third-order valence-corrected chi connectivity index (χ3v) is 4.22. The van der Waals surface area contributed by atoms with E-state index in [0.717, 1.165) is 0 Å². The minimum atomic E-state index is -0.931. The summed E-state index contributed by atoms with van der Waals surface area (Å²) < 4.78 is 0. The summed E-state index contributed by atoms with van der Waals surface area (Å²) in [5.41, 5.74) is 0.464. The van der Waals surface area contributed by atoms with Crippen LogP contribution in [0.4, 0.5) is 0 Å². The summed E-state index contributed by atoms with van der Waals surface area (Å²) in [6.07, 6.45) is 3.00. The molecule has 0 aliphatic heterocycles. The molecule has 11 heteroatoms. The Hall–Kier alpha value is -3.50. The van der Waals surface area contributed by atoms with E-state index in [1.165, 1.54) is 12.3 Å². The predicted molar refractivity (Wildman–Crippen MR) is 101 cm³/mol. The van der Waals surface area contributed by atoms with Crippen molar-refractivity contribution in [3.63, 3.8) is 0 Å². The Morgan fingerprint density at radius 1 is 1.50 bits per heavy atom. The number of hydrogen-bond donors (Lipinski definition) is 2. The maximum atomic E-state index is 12.2. The van der Waals surface area contributed by atoms with Gasteiger partial charge in [-0.3, -0.25) is 24.7 Å². The van der Waals surface area contributed by atoms with Crippen LogP contribution >= 0.6 is 0 Å².